The Labute approximate surface area is 114 Å². The van der Waals surface area contributed by atoms with Crippen LogP contribution in [0.15, 0.2) is 15.8 Å². The Hall–Kier alpha value is -1.82. The Bertz CT molecular complexity index is 726. The number of nitrogens with one attached hydrogen (secondary N) is 1. The molecule has 0 aliphatic rings. The summed E-state index contributed by atoms with van der Waals surface area (Å²) in [6.45, 7) is 3.69. The molecular weight excluding hydrogens is 268 g/mol. The molecule has 0 spiro atoms. The molecule has 2 aromatic rings. The van der Waals surface area contributed by atoms with Gasteiger partial charge in [0.05, 0.1) is 16.9 Å². The van der Waals surface area contributed by atoms with Gasteiger partial charge in [-0.1, -0.05) is 24.9 Å². The van der Waals surface area contributed by atoms with Crippen LogP contribution in [0.25, 0.3) is 5.69 Å². The van der Waals surface area contributed by atoms with E-state index in [1.165, 1.54) is 0 Å². The first kappa shape index (κ1) is 13.6. The molecule has 0 aromatic carbocycles. The van der Waals surface area contributed by atoms with E-state index in [-0.39, 0.29) is 10.7 Å². The quantitative estimate of drug-likeness (QED) is 0.859. The molecule has 0 unspecified atom stereocenters. The molecule has 2 aromatic heterocycles. The van der Waals surface area contributed by atoms with Crippen LogP contribution in [-0.4, -0.2) is 19.3 Å². The lowest BCUT2D eigenvalue weighted by Gasteiger charge is -2.07. The second-order valence-corrected chi connectivity index (χ2v) is 4.76. The first-order valence-electron chi connectivity index (χ1n) is 6.00. The number of hydrogen-bond donors (Lipinski definition) is 1. The molecule has 0 fully saturated rings. The molecule has 102 valence electrons. The highest BCUT2D eigenvalue weighted by Crippen LogP contribution is 2.11. The Balaban J connectivity index is 2.77. The highest BCUT2D eigenvalue weighted by atomic mass is 35.5. The summed E-state index contributed by atoms with van der Waals surface area (Å²) in [6, 6.07) is 0. The predicted octanol–water partition coefficient (Wildman–Crippen LogP) is 1.17. The fraction of sp³-hybridized carbons (Fsp3) is 0.417. The van der Waals surface area contributed by atoms with Gasteiger partial charge in [-0.15, -0.1) is 0 Å². The van der Waals surface area contributed by atoms with E-state index in [9.17, 15) is 9.59 Å². The van der Waals surface area contributed by atoms with E-state index in [2.05, 4.69) is 10.1 Å². The zero-order valence-electron chi connectivity index (χ0n) is 11.0. The molecule has 0 saturated carbocycles. The third-order valence-electron chi connectivity index (χ3n) is 2.87. The van der Waals surface area contributed by atoms with E-state index < -0.39 is 5.69 Å². The van der Waals surface area contributed by atoms with Gasteiger partial charge < -0.3 is 0 Å². The lowest BCUT2D eigenvalue weighted by molar-refractivity contribution is 0.756. The molecule has 0 atom stereocenters. The summed E-state index contributed by atoms with van der Waals surface area (Å²) in [4.78, 5) is 26.9. The minimum absolute atomic E-state index is 0.120. The fourth-order valence-corrected chi connectivity index (χ4v) is 2.29. The monoisotopic (exact) mass is 282 g/mol. The summed E-state index contributed by atoms with van der Waals surface area (Å²) in [5.74, 6) is 0. The van der Waals surface area contributed by atoms with Crippen LogP contribution in [0.1, 0.15) is 24.6 Å². The SMILES string of the molecule is CCCc1c(Cl)[nH]c(=O)n(-c2cn(C)nc2C)c1=O. The molecule has 0 aliphatic heterocycles. The summed E-state index contributed by atoms with van der Waals surface area (Å²) in [6.07, 6.45) is 2.93. The van der Waals surface area contributed by atoms with Crippen molar-refractivity contribution in [1.29, 1.82) is 0 Å². The van der Waals surface area contributed by atoms with Crippen LogP contribution in [0.2, 0.25) is 5.15 Å². The normalized spacial score (nSPS) is 10.9. The third-order valence-corrected chi connectivity index (χ3v) is 3.20. The Morgan fingerprint density at radius 2 is 2.11 bits per heavy atom. The van der Waals surface area contributed by atoms with Gasteiger partial charge >= 0.3 is 5.69 Å². The van der Waals surface area contributed by atoms with Crippen molar-refractivity contribution >= 4 is 11.6 Å². The molecule has 0 amide bonds. The second kappa shape index (κ2) is 5.05. The zero-order chi connectivity index (χ0) is 14.2. The van der Waals surface area contributed by atoms with Crippen molar-refractivity contribution in [2.24, 2.45) is 7.05 Å². The van der Waals surface area contributed by atoms with E-state index in [4.69, 9.17) is 11.6 Å². The van der Waals surface area contributed by atoms with Gasteiger partial charge in [0.2, 0.25) is 0 Å². The smallest absolute Gasteiger partial charge is 0.297 e. The molecule has 2 rings (SSSR count). The zero-order valence-corrected chi connectivity index (χ0v) is 11.8. The minimum atomic E-state index is -0.550. The molecule has 2 heterocycles. The summed E-state index contributed by atoms with van der Waals surface area (Å²) < 4.78 is 2.64. The second-order valence-electron chi connectivity index (χ2n) is 4.39. The van der Waals surface area contributed by atoms with E-state index in [1.807, 2.05) is 6.92 Å². The molecule has 6 nitrogen and oxygen atoms in total. The van der Waals surface area contributed by atoms with Crippen LogP contribution in [0.3, 0.4) is 0 Å². The number of aromatic amines is 1. The van der Waals surface area contributed by atoms with Crippen LogP contribution >= 0.6 is 11.6 Å². The van der Waals surface area contributed by atoms with Crippen molar-refractivity contribution < 1.29 is 0 Å². The minimum Gasteiger partial charge on any atom is -0.297 e. The molecule has 19 heavy (non-hydrogen) atoms. The van der Waals surface area contributed by atoms with Gasteiger partial charge in [0.15, 0.2) is 0 Å². The lowest BCUT2D eigenvalue weighted by Crippen LogP contribution is -2.36. The van der Waals surface area contributed by atoms with Crippen LogP contribution in [0.4, 0.5) is 0 Å². The Morgan fingerprint density at radius 1 is 1.42 bits per heavy atom. The Morgan fingerprint density at radius 3 is 2.63 bits per heavy atom. The largest absolute Gasteiger partial charge is 0.334 e. The molecule has 0 bridgehead atoms. The van der Waals surface area contributed by atoms with E-state index in [1.54, 1.807) is 24.9 Å². The van der Waals surface area contributed by atoms with Gasteiger partial charge in [-0.05, 0) is 13.3 Å². The first-order chi connectivity index (χ1) is 8.95. The van der Waals surface area contributed by atoms with Gasteiger partial charge in [-0.25, -0.2) is 9.36 Å². The van der Waals surface area contributed by atoms with E-state index in [0.717, 1.165) is 11.0 Å². The average Bonchev–Trinajstić information content (AvgIpc) is 2.64. The molecule has 7 heteroatoms. The lowest BCUT2D eigenvalue weighted by atomic mass is 10.2. The van der Waals surface area contributed by atoms with Crippen LogP contribution in [0, 0.1) is 6.92 Å². The number of rotatable bonds is 3. The van der Waals surface area contributed by atoms with Crippen molar-refractivity contribution in [3.8, 4) is 5.69 Å². The van der Waals surface area contributed by atoms with Crippen molar-refractivity contribution in [2.75, 3.05) is 0 Å². The van der Waals surface area contributed by atoms with Gasteiger partial charge in [0, 0.05) is 13.2 Å². The van der Waals surface area contributed by atoms with Crippen LogP contribution in [-0.2, 0) is 13.5 Å². The van der Waals surface area contributed by atoms with Crippen LogP contribution in [0.5, 0.6) is 0 Å². The number of aromatic nitrogens is 4. The Kier molecular flexibility index (Phi) is 3.61. The topological polar surface area (TPSA) is 72.7 Å². The number of aryl methyl sites for hydroxylation is 2. The van der Waals surface area contributed by atoms with Crippen molar-refractivity contribution in [3.05, 3.63) is 43.4 Å². The van der Waals surface area contributed by atoms with Gasteiger partial charge in [-0.2, -0.15) is 5.10 Å². The average molecular weight is 283 g/mol. The molecule has 0 radical (unpaired) electrons. The number of hydrogen-bond acceptors (Lipinski definition) is 3. The first-order valence-corrected chi connectivity index (χ1v) is 6.37. The predicted molar refractivity (Wildman–Crippen MR) is 73.2 cm³/mol. The van der Waals surface area contributed by atoms with Crippen molar-refractivity contribution in [1.82, 2.24) is 19.3 Å². The number of halogens is 1. The van der Waals surface area contributed by atoms with Gasteiger partial charge in [0.25, 0.3) is 5.56 Å². The molecular formula is C12H15ClN4O2. The summed E-state index contributed by atoms with van der Waals surface area (Å²) in [7, 11) is 1.73. The highest BCUT2D eigenvalue weighted by Gasteiger charge is 2.16. The third kappa shape index (κ3) is 2.35. The standard InChI is InChI=1S/C12H15ClN4O2/c1-4-5-8-10(13)14-12(19)17(11(8)18)9-6-16(3)15-7(9)2/h6H,4-5H2,1-3H3,(H,14,19). The van der Waals surface area contributed by atoms with E-state index >= 15 is 0 Å². The molecule has 1 N–H and O–H groups in total. The highest BCUT2D eigenvalue weighted by molar-refractivity contribution is 6.30. The summed E-state index contributed by atoms with van der Waals surface area (Å²) in [5.41, 5.74) is 0.576. The maximum absolute atomic E-state index is 12.4. The molecule has 0 aliphatic carbocycles. The maximum atomic E-state index is 12.4. The van der Waals surface area contributed by atoms with E-state index in [0.29, 0.717) is 23.4 Å². The summed E-state index contributed by atoms with van der Waals surface area (Å²) in [5, 5.41) is 4.26. The maximum Gasteiger partial charge on any atom is 0.334 e. The van der Waals surface area contributed by atoms with Gasteiger partial charge in [-0.3, -0.25) is 14.5 Å². The number of nitrogens with zero attached hydrogens (tertiary/aromatic N) is 3. The van der Waals surface area contributed by atoms with Crippen molar-refractivity contribution in [2.45, 2.75) is 26.7 Å². The molecule has 0 saturated heterocycles. The van der Waals surface area contributed by atoms with Crippen molar-refractivity contribution in [3.63, 3.8) is 0 Å². The van der Waals surface area contributed by atoms with Gasteiger partial charge in [0.1, 0.15) is 5.15 Å². The van der Waals surface area contributed by atoms with Crippen LogP contribution < -0.4 is 11.2 Å². The summed E-state index contributed by atoms with van der Waals surface area (Å²) >= 11 is 5.93. The fourth-order valence-electron chi connectivity index (χ4n) is 2.04. The number of H-pyrrole nitrogens is 1.